The van der Waals surface area contributed by atoms with Gasteiger partial charge in [0.15, 0.2) is 11.5 Å². The molecule has 1 saturated heterocycles. The van der Waals surface area contributed by atoms with E-state index in [2.05, 4.69) is 10.6 Å². The van der Waals surface area contributed by atoms with Crippen molar-refractivity contribution in [1.82, 2.24) is 5.32 Å². The number of anilines is 2. The Morgan fingerprint density at radius 1 is 1.07 bits per heavy atom. The van der Waals surface area contributed by atoms with Crippen LogP contribution in [0.5, 0.6) is 11.5 Å². The number of hydrogen-bond donors (Lipinski definition) is 2. The Labute approximate surface area is 156 Å². The minimum absolute atomic E-state index is 0.0693. The quantitative estimate of drug-likeness (QED) is 0.786. The van der Waals surface area contributed by atoms with Crippen LogP contribution in [0, 0.1) is 5.92 Å². The van der Waals surface area contributed by atoms with Gasteiger partial charge in [0.2, 0.25) is 11.8 Å². The number of nitrogens with one attached hydrogen (secondary N) is 2. The molecule has 4 amide bonds. The van der Waals surface area contributed by atoms with Crippen molar-refractivity contribution in [2.75, 3.05) is 31.0 Å². The highest BCUT2D eigenvalue weighted by molar-refractivity contribution is 6.23. The molecule has 0 saturated carbocycles. The normalized spacial score (nSPS) is 16.5. The zero-order valence-electron chi connectivity index (χ0n) is 14.9. The van der Waals surface area contributed by atoms with Crippen LogP contribution in [0.25, 0.3) is 0 Å². The van der Waals surface area contributed by atoms with Gasteiger partial charge in [0.25, 0.3) is 0 Å². The summed E-state index contributed by atoms with van der Waals surface area (Å²) in [7, 11) is 2.94. The highest BCUT2D eigenvalue weighted by atomic mass is 16.5. The molecule has 1 heterocycles. The molecular weight excluding hydrogens is 350 g/mol. The highest BCUT2D eigenvalue weighted by Crippen LogP contribution is 2.32. The summed E-state index contributed by atoms with van der Waals surface area (Å²) >= 11 is 0. The van der Waals surface area contributed by atoms with Gasteiger partial charge in [-0.25, -0.2) is 9.69 Å². The Hall–Kier alpha value is -3.55. The SMILES string of the molecule is COc1ccc(N2C(=O)NCC(C(=O)Nc3ccccc3)C2=O)cc1OC. The van der Waals surface area contributed by atoms with Crippen LogP contribution in [0.15, 0.2) is 48.5 Å². The third-order valence-corrected chi connectivity index (χ3v) is 4.16. The van der Waals surface area contributed by atoms with Gasteiger partial charge in [0.05, 0.1) is 19.9 Å². The number of urea groups is 1. The molecule has 1 fully saturated rings. The van der Waals surface area contributed by atoms with Gasteiger partial charge in [-0.05, 0) is 24.3 Å². The Bertz CT molecular complexity index is 869. The summed E-state index contributed by atoms with van der Waals surface area (Å²) in [5.41, 5.74) is 0.859. The maximum absolute atomic E-state index is 12.9. The van der Waals surface area contributed by atoms with Crippen molar-refractivity contribution < 1.29 is 23.9 Å². The maximum atomic E-state index is 12.9. The van der Waals surface area contributed by atoms with Crippen molar-refractivity contribution in [3.63, 3.8) is 0 Å². The van der Waals surface area contributed by atoms with Gasteiger partial charge in [-0.2, -0.15) is 0 Å². The van der Waals surface area contributed by atoms with Crippen LogP contribution in [-0.4, -0.2) is 38.6 Å². The Morgan fingerprint density at radius 2 is 1.78 bits per heavy atom. The lowest BCUT2D eigenvalue weighted by Gasteiger charge is -2.31. The molecule has 0 aliphatic carbocycles. The van der Waals surface area contributed by atoms with Gasteiger partial charge < -0.3 is 20.1 Å². The van der Waals surface area contributed by atoms with Crippen molar-refractivity contribution in [2.45, 2.75) is 0 Å². The molecule has 27 heavy (non-hydrogen) atoms. The van der Waals surface area contributed by atoms with Crippen LogP contribution in [0.3, 0.4) is 0 Å². The molecule has 3 rings (SSSR count). The molecule has 0 aromatic heterocycles. The van der Waals surface area contributed by atoms with Crippen LogP contribution in [0.1, 0.15) is 0 Å². The molecule has 1 aliphatic rings. The Kier molecular flexibility index (Phi) is 5.25. The van der Waals surface area contributed by atoms with Crippen molar-refractivity contribution in [3.8, 4) is 11.5 Å². The predicted molar refractivity (Wildman–Crippen MR) is 99.0 cm³/mol. The molecular formula is C19H19N3O5. The minimum Gasteiger partial charge on any atom is -0.493 e. The number of para-hydroxylation sites is 1. The van der Waals surface area contributed by atoms with E-state index in [0.717, 1.165) is 4.90 Å². The third kappa shape index (κ3) is 3.69. The number of hydrogen-bond acceptors (Lipinski definition) is 5. The summed E-state index contributed by atoms with van der Waals surface area (Å²) in [6, 6.07) is 12.8. The molecule has 0 radical (unpaired) electrons. The molecule has 0 spiro atoms. The van der Waals surface area contributed by atoms with E-state index >= 15 is 0 Å². The number of carbonyl (C=O) groups is 3. The highest BCUT2D eigenvalue weighted by Gasteiger charge is 2.39. The topological polar surface area (TPSA) is 97.0 Å². The molecule has 8 heteroatoms. The molecule has 2 aromatic carbocycles. The van der Waals surface area contributed by atoms with Crippen LogP contribution in [0.4, 0.5) is 16.2 Å². The molecule has 8 nitrogen and oxygen atoms in total. The van der Waals surface area contributed by atoms with E-state index in [1.807, 2.05) is 6.07 Å². The van der Waals surface area contributed by atoms with E-state index in [-0.39, 0.29) is 12.2 Å². The summed E-state index contributed by atoms with van der Waals surface area (Å²) in [4.78, 5) is 38.6. The van der Waals surface area contributed by atoms with Gasteiger partial charge in [0, 0.05) is 18.3 Å². The number of imide groups is 1. The monoisotopic (exact) mass is 369 g/mol. The fourth-order valence-electron chi connectivity index (χ4n) is 2.78. The average Bonchev–Trinajstić information content (AvgIpc) is 2.68. The minimum atomic E-state index is -1.05. The Morgan fingerprint density at radius 3 is 2.44 bits per heavy atom. The van der Waals surface area contributed by atoms with Crippen LogP contribution in [-0.2, 0) is 9.59 Å². The molecule has 2 aromatic rings. The van der Waals surface area contributed by atoms with Crippen LogP contribution in [0.2, 0.25) is 0 Å². The molecule has 1 atom stereocenters. The van der Waals surface area contributed by atoms with E-state index in [0.29, 0.717) is 17.2 Å². The standard InChI is InChI=1S/C19H19N3O5/c1-26-15-9-8-13(10-16(15)27-2)22-18(24)14(11-20-19(22)25)17(23)21-12-6-4-3-5-7-12/h3-10,14H,11H2,1-2H3,(H,20,25)(H,21,23). The van der Waals surface area contributed by atoms with Crippen molar-refractivity contribution in [3.05, 3.63) is 48.5 Å². The first-order chi connectivity index (χ1) is 13.0. The number of ether oxygens (including phenoxy) is 2. The van der Waals surface area contributed by atoms with Crippen molar-refractivity contribution >= 4 is 29.2 Å². The van der Waals surface area contributed by atoms with E-state index in [1.54, 1.807) is 36.4 Å². The predicted octanol–water partition coefficient (Wildman–Crippen LogP) is 2.01. The fourth-order valence-corrected chi connectivity index (χ4v) is 2.78. The zero-order valence-corrected chi connectivity index (χ0v) is 14.9. The fraction of sp³-hybridized carbons (Fsp3) is 0.211. The van der Waals surface area contributed by atoms with E-state index < -0.39 is 23.8 Å². The first kappa shape index (κ1) is 18.2. The number of carbonyl (C=O) groups excluding carboxylic acids is 3. The number of nitrogens with zero attached hydrogens (tertiary/aromatic N) is 1. The second kappa shape index (κ2) is 7.77. The molecule has 0 bridgehead atoms. The van der Waals surface area contributed by atoms with E-state index in [1.165, 1.54) is 20.3 Å². The lowest BCUT2D eigenvalue weighted by molar-refractivity contribution is -0.130. The lowest BCUT2D eigenvalue weighted by atomic mass is 10.0. The first-order valence-corrected chi connectivity index (χ1v) is 8.25. The summed E-state index contributed by atoms with van der Waals surface area (Å²) in [6.07, 6.45) is 0. The van der Waals surface area contributed by atoms with Gasteiger partial charge in [0.1, 0.15) is 5.92 Å². The van der Waals surface area contributed by atoms with Crippen LogP contribution < -0.4 is 25.0 Å². The summed E-state index contributed by atoms with van der Waals surface area (Å²) < 4.78 is 10.4. The smallest absolute Gasteiger partial charge is 0.328 e. The van der Waals surface area contributed by atoms with Gasteiger partial charge in [-0.1, -0.05) is 18.2 Å². The second-order valence-electron chi connectivity index (χ2n) is 5.81. The lowest BCUT2D eigenvalue weighted by Crippen LogP contribution is -2.58. The molecule has 140 valence electrons. The van der Waals surface area contributed by atoms with Crippen LogP contribution >= 0.6 is 0 Å². The van der Waals surface area contributed by atoms with Crippen molar-refractivity contribution in [1.29, 1.82) is 0 Å². The number of methoxy groups -OCH3 is 2. The summed E-state index contributed by atoms with van der Waals surface area (Å²) in [5.74, 6) is -1.32. The van der Waals surface area contributed by atoms with E-state index in [9.17, 15) is 14.4 Å². The number of amides is 4. The first-order valence-electron chi connectivity index (χ1n) is 8.25. The van der Waals surface area contributed by atoms with Gasteiger partial charge in [-0.3, -0.25) is 9.59 Å². The summed E-state index contributed by atoms with van der Waals surface area (Å²) in [6.45, 7) is -0.0693. The van der Waals surface area contributed by atoms with Gasteiger partial charge in [-0.15, -0.1) is 0 Å². The molecule has 1 unspecified atom stereocenters. The van der Waals surface area contributed by atoms with E-state index in [4.69, 9.17) is 9.47 Å². The molecule has 1 aliphatic heterocycles. The third-order valence-electron chi connectivity index (χ3n) is 4.16. The summed E-state index contributed by atoms with van der Waals surface area (Å²) in [5, 5.41) is 5.26. The largest absolute Gasteiger partial charge is 0.493 e. The molecule has 2 N–H and O–H groups in total. The van der Waals surface area contributed by atoms with Crippen molar-refractivity contribution in [2.24, 2.45) is 5.92 Å². The second-order valence-corrected chi connectivity index (χ2v) is 5.81. The maximum Gasteiger partial charge on any atom is 0.328 e. The van der Waals surface area contributed by atoms with Gasteiger partial charge >= 0.3 is 6.03 Å². The Balaban J connectivity index is 1.84. The zero-order chi connectivity index (χ0) is 19.4. The number of rotatable bonds is 5. The average molecular weight is 369 g/mol. The number of benzene rings is 2.